The van der Waals surface area contributed by atoms with E-state index in [2.05, 4.69) is 53.8 Å². The Morgan fingerprint density at radius 2 is 2.04 bits per heavy atom. The zero-order valence-corrected chi connectivity index (χ0v) is 16.1. The van der Waals surface area contributed by atoms with Crippen molar-refractivity contribution in [1.29, 1.82) is 5.26 Å². The van der Waals surface area contributed by atoms with Crippen LogP contribution in [0.3, 0.4) is 0 Å². The molecule has 0 saturated carbocycles. The number of benzene rings is 1. The Morgan fingerprint density at radius 3 is 2.78 bits per heavy atom. The lowest BCUT2D eigenvalue weighted by atomic mass is 9.66. The maximum absolute atomic E-state index is 9.06. The first-order valence-corrected chi connectivity index (χ1v) is 9.61. The Bertz CT molecular complexity index is 819. The Labute approximate surface area is 163 Å². The second-order valence-electron chi connectivity index (χ2n) is 6.95. The number of hydrogen-bond acceptors (Lipinski definition) is 4. The molecule has 0 unspecified atom stereocenters. The minimum Gasteiger partial charge on any atom is -0.373 e. The van der Waals surface area contributed by atoms with Crippen LogP contribution >= 0.6 is 0 Å². The van der Waals surface area contributed by atoms with E-state index in [0.717, 1.165) is 56.6 Å². The van der Waals surface area contributed by atoms with E-state index in [1.165, 1.54) is 11.3 Å². The van der Waals surface area contributed by atoms with Crippen molar-refractivity contribution >= 4 is 12.9 Å². The summed E-state index contributed by atoms with van der Waals surface area (Å²) in [5, 5.41) is 9.06. The van der Waals surface area contributed by atoms with Crippen LogP contribution in [0.15, 0.2) is 54.9 Å². The highest BCUT2D eigenvalue weighted by Gasteiger charge is 2.18. The molecule has 1 saturated heterocycles. The Morgan fingerprint density at radius 1 is 1.22 bits per heavy atom. The van der Waals surface area contributed by atoms with Gasteiger partial charge in [-0.1, -0.05) is 37.3 Å². The summed E-state index contributed by atoms with van der Waals surface area (Å²) in [5.41, 5.74) is 5.38. The zero-order valence-electron chi connectivity index (χ0n) is 16.1. The highest BCUT2D eigenvalue weighted by Crippen LogP contribution is 2.12. The summed E-state index contributed by atoms with van der Waals surface area (Å²) in [4.78, 5) is 9.47. The van der Waals surface area contributed by atoms with E-state index in [4.69, 9.17) is 5.26 Å². The van der Waals surface area contributed by atoms with Gasteiger partial charge in [-0.15, -0.1) is 0 Å². The number of nitriles is 1. The molecule has 0 atom stereocenters. The first-order valence-electron chi connectivity index (χ1n) is 9.61. The van der Waals surface area contributed by atoms with E-state index >= 15 is 0 Å². The number of pyridine rings is 1. The normalized spacial score (nSPS) is 14.6. The second-order valence-corrected chi connectivity index (χ2v) is 6.95. The third-order valence-electron chi connectivity index (χ3n) is 5.13. The van der Waals surface area contributed by atoms with Gasteiger partial charge < -0.3 is 4.90 Å². The quantitative estimate of drug-likeness (QED) is 0.715. The summed E-state index contributed by atoms with van der Waals surface area (Å²) in [6.07, 6.45) is 3.66. The molecule has 0 N–H and O–H groups in total. The van der Waals surface area contributed by atoms with Crippen LogP contribution in [-0.2, 0) is 12.9 Å². The zero-order chi connectivity index (χ0) is 19.1. The van der Waals surface area contributed by atoms with Crippen LogP contribution in [0.1, 0.15) is 30.0 Å². The highest BCUT2D eigenvalue weighted by molar-refractivity contribution is 6.52. The fourth-order valence-electron chi connectivity index (χ4n) is 3.44. The van der Waals surface area contributed by atoms with E-state index in [-0.39, 0.29) is 0 Å². The molecule has 5 heteroatoms. The number of piperazine rings is 1. The molecule has 4 nitrogen and oxygen atoms in total. The van der Waals surface area contributed by atoms with Crippen LogP contribution in [0.4, 0.5) is 0 Å². The van der Waals surface area contributed by atoms with Gasteiger partial charge in [-0.2, -0.15) is 5.26 Å². The number of allylic oxidation sites excluding steroid dienone is 1. The largest absolute Gasteiger partial charge is 0.373 e. The molecule has 1 radical (unpaired) electrons. The van der Waals surface area contributed by atoms with Crippen molar-refractivity contribution in [3.8, 4) is 6.07 Å². The van der Waals surface area contributed by atoms with Crippen molar-refractivity contribution in [2.24, 2.45) is 0 Å². The fraction of sp³-hybridized carbons (Fsp3) is 0.364. The summed E-state index contributed by atoms with van der Waals surface area (Å²) in [6, 6.07) is 14.2. The van der Waals surface area contributed by atoms with Gasteiger partial charge in [0.2, 0.25) is 0 Å². The molecule has 1 fully saturated rings. The minimum atomic E-state index is 0.702. The molecule has 137 valence electrons. The molecule has 1 aromatic heterocycles. The lowest BCUT2D eigenvalue weighted by Crippen LogP contribution is -2.45. The van der Waals surface area contributed by atoms with Gasteiger partial charge >= 0.3 is 0 Å². The molecule has 1 aliphatic heterocycles. The fourth-order valence-corrected chi connectivity index (χ4v) is 3.44. The first kappa shape index (κ1) is 19.2. The van der Waals surface area contributed by atoms with Crippen molar-refractivity contribution < 1.29 is 0 Å². The van der Waals surface area contributed by atoms with Gasteiger partial charge in [0.05, 0.1) is 11.6 Å². The van der Waals surface area contributed by atoms with Crippen LogP contribution in [0, 0.1) is 11.3 Å². The Balaban J connectivity index is 1.59. The van der Waals surface area contributed by atoms with E-state index in [1.807, 2.05) is 30.5 Å². The molecule has 1 aromatic carbocycles. The summed E-state index contributed by atoms with van der Waals surface area (Å²) >= 11 is 0. The van der Waals surface area contributed by atoms with Gasteiger partial charge in [0.15, 0.2) is 7.28 Å². The predicted molar refractivity (Wildman–Crippen MR) is 111 cm³/mol. The van der Waals surface area contributed by atoms with Gasteiger partial charge in [-0.05, 0) is 36.5 Å². The molecule has 0 amide bonds. The standard InChI is InChI=1S/C22H26BN4/c1-3-18(2)27-12-10-26(11-13-27)17-21-8-5-9-25-22(21)23-15-19-6-4-7-20(14-19)16-24/h4-9,14H,2-3,10-13,15,17H2,1H3. The highest BCUT2D eigenvalue weighted by atomic mass is 15.3. The van der Waals surface area contributed by atoms with Crippen LogP contribution < -0.4 is 5.59 Å². The SMILES string of the molecule is C=C(CC)N1CCN(Cc2cccnc2[B]Cc2cccc(C#N)c2)CC1. The van der Waals surface area contributed by atoms with E-state index in [0.29, 0.717) is 5.56 Å². The molecule has 3 rings (SSSR count). The molecular weight excluding hydrogens is 331 g/mol. The van der Waals surface area contributed by atoms with Crippen LogP contribution in [0.25, 0.3) is 0 Å². The summed E-state index contributed by atoms with van der Waals surface area (Å²) in [6.45, 7) is 11.4. The maximum Gasteiger partial charge on any atom is 0.182 e. The minimum absolute atomic E-state index is 0.702. The summed E-state index contributed by atoms with van der Waals surface area (Å²) < 4.78 is 0. The average Bonchev–Trinajstić information content (AvgIpc) is 2.73. The van der Waals surface area contributed by atoms with E-state index in [9.17, 15) is 0 Å². The predicted octanol–water partition coefficient (Wildman–Crippen LogP) is 2.52. The summed E-state index contributed by atoms with van der Waals surface area (Å²) in [5.74, 6) is 0. The number of hydrogen-bond donors (Lipinski definition) is 0. The number of aromatic nitrogens is 1. The monoisotopic (exact) mass is 357 g/mol. The van der Waals surface area contributed by atoms with Gasteiger partial charge in [-0.25, -0.2) is 0 Å². The van der Waals surface area contributed by atoms with Crippen LogP contribution in [0.2, 0.25) is 0 Å². The molecule has 0 bridgehead atoms. The van der Waals surface area contributed by atoms with Crippen LogP contribution in [0.5, 0.6) is 0 Å². The lowest BCUT2D eigenvalue weighted by molar-refractivity contribution is 0.151. The van der Waals surface area contributed by atoms with Gasteiger partial charge in [0, 0.05) is 50.2 Å². The van der Waals surface area contributed by atoms with Gasteiger partial charge in [-0.3, -0.25) is 9.88 Å². The molecule has 27 heavy (non-hydrogen) atoms. The van der Waals surface area contributed by atoms with Crippen molar-refractivity contribution in [2.45, 2.75) is 26.2 Å². The lowest BCUT2D eigenvalue weighted by Gasteiger charge is -2.37. The molecule has 1 aliphatic rings. The summed E-state index contributed by atoms with van der Waals surface area (Å²) in [7, 11) is 2.17. The van der Waals surface area contributed by atoms with Crippen molar-refractivity contribution in [3.63, 3.8) is 0 Å². The van der Waals surface area contributed by atoms with Gasteiger partial charge in [0.25, 0.3) is 0 Å². The number of nitrogens with zero attached hydrogens (tertiary/aromatic N) is 4. The van der Waals surface area contributed by atoms with Gasteiger partial charge in [0.1, 0.15) is 0 Å². The third-order valence-corrected chi connectivity index (χ3v) is 5.13. The molecule has 0 spiro atoms. The van der Waals surface area contributed by atoms with E-state index in [1.54, 1.807) is 0 Å². The van der Waals surface area contributed by atoms with Crippen molar-refractivity contribution in [3.05, 3.63) is 71.6 Å². The molecule has 2 aromatic rings. The third kappa shape index (κ3) is 5.21. The first-order chi connectivity index (χ1) is 13.2. The topological polar surface area (TPSA) is 43.2 Å². The van der Waals surface area contributed by atoms with Crippen LogP contribution in [-0.4, -0.2) is 48.2 Å². The average molecular weight is 357 g/mol. The smallest absolute Gasteiger partial charge is 0.182 e. The second kappa shape index (κ2) is 9.39. The molecular formula is C22H26BN4. The number of rotatable bonds is 7. The molecule has 0 aliphatic carbocycles. The Hall–Kier alpha value is -2.58. The Kier molecular flexibility index (Phi) is 6.67. The molecule has 2 heterocycles. The van der Waals surface area contributed by atoms with Crippen molar-refractivity contribution in [1.82, 2.24) is 14.8 Å². The maximum atomic E-state index is 9.06. The van der Waals surface area contributed by atoms with E-state index < -0.39 is 0 Å². The van der Waals surface area contributed by atoms with Crippen molar-refractivity contribution in [2.75, 3.05) is 26.2 Å².